The van der Waals surface area contributed by atoms with Gasteiger partial charge in [0.1, 0.15) is 12.4 Å². The molecule has 1 aliphatic heterocycles. The van der Waals surface area contributed by atoms with Gasteiger partial charge in [-0.25, -0.2) is 0 Å². The molecule has 0 saturated carbocycles. The van der Waals surface area contributed by atoms with E-state index in [-0.39, 0.29) is 5.91 Å². The van der Waals surface area contributed by atoms with E-state index in [0.717, 1.165) is 23.8 Å². The van der Waals surface area contributed by atoms with Crippen LogP contribution in [0, 0.1) is 0 Å². The lowest BCUT2D eigenvalue weighted by atomic mass is 10.2. The quantitative estimate of drug-likeness (QED) is 0.771. The highest BCUT2D eigenvalue weighted by atomic mass is 32.2. The molecule has 1 unspecified atom stereocenters. The van der Waals surface area contributed by atoms with E-state index >= 15 is 0 Å². The normalized spacial score (nSPS) is 18.8. The molecular formula is C14H20N2O2S. The van der Waals surface area contributed by atoms with Gasteiger partial charge in [-0.1, -0.05) is 18.2 Å². The second-order valence-corrected chi connectivity index (χ2v) is 5.59. The van der Waals surface area contributed by atoms with Crippen LogP contribution in [0.5, 0.6) is 5.75 Å². The van der Waals surface area contributed by atoms with Crippen molar-refractivity contribution in [2.24, 2.45) is 0 Å². The topological polar surface area (TPSA) is 50.4 Å². The van der Waals surface area contributed by atoms with E-state index in [1.165, 1.54) is 0 Å². The molecule has 1 atom stereocenters. The highest BCUT2D eigenvalue weighted by Crippen LogP contribution is 2.10. The van der Waals surface area contributed by atoms with Crippen LogP contribution in [0.1, 0.15) is 6.42 Å². The fraction of sp³-hybridized carbons (Fsp3) is 0.500. The summed E-state index contributed by atoms with van der Waals surface area (Å²) in [5.41, 5.74) is 0. The molecule has 1 saturated heterocycles. The minimum atomic E-state index is 0.0941. The Bertz CT molecular complexity index is 380. The molecule has 19 heavy (non-hydrogen) atoms. The van der Waals surface area contributed by atoms with Crippen molar-refractivity contribution in [3.05, 3.63) is 30.3 Å². The van der Waals surface area contributed by atoms with Crippen LogP contribution in [-0.4, -0.2) is 43.2 Å². The Hall–Kier alpha value is -1.20. The van der Waals surface area contributed by atoms with Crippen molar-refractivity contribution in [1.82, 2.24) is 10.6 Å². The third-order valence-corrected chi connectivity index (χ3v) is 4.00. The molecule has 1 aliphatic rings. The van der Waals surface area contributed by atoms with Crippen molar-refractivity contribution < 1.29 is 9.53 Å². The maximum atomic E-state index is 11.7. The predicted molar refractivity (Wildman–Crippen MR) is 78.7 cm³/mol. The molecule has 1 amide bonds. The van der Waals surface area contributed by atoms with Crippen molar-refractivity contribution in [2.75, 3.05) is 31.2 Å². The molecule has 1 aromatic carbocycles. The zero-order valence-corrected chi connectivity index (χ0v) is 11.7. The Morgan fingerprint density at radius 3 is 3.00 bits per heavy atom. The standard InChI is InChI=1S/C14H20N2O2S/c17-14(10-12-11-19-9-7-15-12)16-6-8-18-13-4-2-1-3-5-13/h1-5,12,15H,6-11H2,(H,16,17). The fourth-order valence-corrected chi connectivity index (χ4v) is 2.87. The molecule has 104 valence electrons. The number of carbonyl (C=O) groups excluding carboxylic acids is 1. The minimum absolute atomic E-state index is 0.0941. The van der Waals surface area contributed by atoms with Crippen molar-refractivity contribution in [2.45, 2.75) is 12.5 Å². The van der Waals surface area contributed by atoms with E-state index in [4.69, 9.17) is 4.74 Å². The first-order valence-corrected chi connectivity index (χ1v) is 7.76. The maximum absolute atomic E-state index is 11.7. The molecule has 0 aromatic heterocycles. The van der Waals surface area contributed by atoms with E-state index in [0.29, 0.717) is 25.6 Å². The summed E-state index contributed by atoms with van der Waals surface area (Å²) in [5.74, 6) is 3.09. The summed E-state index contributed by atoms with van der Waals surface area (Å²) in [6.45, 7) is 2.05. The number of ether oxygens (including phenoxy) is 1. The van der Waals surface area contributed by atoms with Crippen LogP contribution in [0.3, 0.4) is 0 Å². The summed E-state index contributed by atoms with van der Waals surface area (Å²) in [6.07, 6.45) is 0.554. The first-order chi connectivity index (χ1) is 9.34. The molecule has 0 spiro atoms. The van der Waals surface area contributed by atoms with Crippen LogP contribution in [0.15, 0.2) is 30.3 Å². The molecule has 1 aromatic rings. The summed E-state index contributed by atoms with van der Waals surface area (Å²) in [4.78, 5) is 11.7. The lowest BCUT2D eigenvalue weighted by molar-refractivity contribution is -0.121. The van der Waals surface area contributed by atoms with Crippen molar-refractivity contribution >= 4 is 17.7 Å². The van der Waals surface area contributed by atoms with E-state index < -0.39 is 0 Å². The lowest BCUT2D eigenvalue weighted by Crippen LogP contribution is -2.41. The number of para-hydroxylation sites is 1. The molecule has 1 fully saturated rings. The predicted octanol–water partition coefficient (Wildman–Crippen LogP) is 1.28. The molecule has 0 aliphatic carbocycles. The number of benzene rings is 1. The third kappa shape index (κ3) is 5.53. The van der Waals surface area contributed by atoms with Gasteiger partial charge >= 0.3 is 0 Å². The van der Waals surface area contributed by atoms with Gasteiger partial charge < -0.3 is 15.4 Å². The average Bonchev–Trinajstić information content (AvgIpc) is 2.46. The molecule has 2 N–H and O–H groups in total. The maximum Gasteiger partial charge on any atom is 0.221 e. The van der Waals surface area contributed by atoms with E-state index in [9.17, 15) is 4.79 Å². The number of hydrogen-bond donors (Lipinski definition) is 2. The minimum Gasteiger partial charge on any atom is -0.492 e. The van der Waals surface area contributed by atoms with Gasteiger partial charge in [-0.15, -0.1) is 0 Å². The number of rotatable bonds is 6. The Balaban J connectivity index is 1.56. The summed E-state index contributed by atoms with van der Waals surface area (Å²) < 4.78 is 5.51. The highest BCUT2D eigenvalue weighted by Gasteiger charge is 2.16. The smallest absolute Gasteiger partial charge is 0.221 e. The summed E-state index contributed by atoms with van der Waals surface area (Å²) in [7, 11) is 0. The molecule has 1 heterocycles. The van der Waals surface area contributed by atoms with Crippen LogP contribution in [0.25, 0.3) is 0 Å². The highest BCUT2D eigenvalue weighted by molar-refractivity contribution is 7.99. The second-order valence-electron chi connectivity index (χ2n) is 4.44. The summed E-state index contributed by atoms with van der Waals surface area (Å²) >= 11 is 1.90. The van der Waals surface area contributed by atoms with Crippen molar-refractivity contribution in [1.29, 1.82) is 0 Å². The molecule has 0 radical (unpaired) electrons. The molecule has 4 nitrogen and oxygen atoms in total. The number of carbonyl (C=O) groups is 1. The second kappa shape index (κ2) is 8.07. The molecule has 2 rings (SSSR count). The Labute approximate surface area is 118 Å². The van der Waals surface area contributed by atoms with Crippen LogP contribution in [0.2, 0.25) is 0 Å². The van der Waals surface area contributed by atoms with Crippen LogP contribution in [0.4, 0.5) is 0 Å². The fourth-order valence-electron chi connectivity index (χ4n) is 1.92. The van der Waals surface area contributed by atoms with Gasteiger partial charge in [-0.05, 0) is 12.1 Å². The first kappa shape index (κ1) is 14.2. The van der Waals surface area contributed by atoms with E-state index in [2.05, 4.69) is 10.6 Å². The number of hydrogen-bond acceptors (Lipinski definition) is 4. The Morgan fingerprint density at radius 2 is 2.26 bits per heavy atom. The van der Waals surface area contributed by atoms with E-state index in [1.54, 1.807) is 0 Å². The van der Waals surface area contributed by atoms with Gasteiger partial charge in [-0.2, -0.15) is 11.8 Å². The van der Waals surface area contributed by atoms with Crippen molar-refractivity contribution in [3.8, 4) is 5.75 Å². The zero-order chi connectivity index (χ0) is 13.3. The van der Waals surface area contributed by atoms with Crippen molar-refractivity contribution in [3.63, 3.8) is 0 Å². The third-order valence-electron chi connectivity index (χ3n) is 2.87. The summed E-state index contributed by atoms with van der Waals surface area (Å²) in [5, 5.41) is 6.24. The van der Waals surface area contributed by atoms with Crippen LogP contribution >= 0.6 is 11.8 Å². The number of amides is 1. The van der Waals surface area contributed by atoms with Crippen LogP contribution < -0.4 is 15.4 Å². The zero-order valence-electron chi connectivity index (χ0n) is 10.9. The van der Waals surface area contributed by atoms with Crippen LogP contribution in [-0.2, 0) is 4.79 Å². The van der Waals surface area contributed by atoms with Gasteiger partial charge in [0.15, 0.2) is 0 Å². The SMILES string of the molecule is O=C(CC1CSCCN1)NCCOc1ccccc1. The summed E-state index contributed by atoms with van der Waals surface area (Å²) in [6, 6.07) is 9.94. The van der Waals surface area contributed by atoms with Gasteiger partial charge in [0.2, 0.25) is 5.91 Å². The number of nitrogens with one attached hydrogen (secondary N) is 2. The largest absolute Gasteiger partial charge is 0.492 e. The molecule has 0 bridgehead atoms. The Kier molecular flexibility index (Phi) is 6.04. The monoisotopic (exact) mass is 280 g/mol. The number of thioether (sulfide) groups is 1. The van der Waals surface area contributed by atoms with Gasteiger partial charge in [0.25, 0.3) is 0 Å². The average molecular weight is 280 g/mol. The van der Waals surface area contributed by atoms with E-state index in [1.807, 2.05) is 42.1 Å². The molecule has 5 heteroatoms. The Morgan fingerprint density at radius 1 is 1.42 bits per heavy atom. The van der Waals surface area contributed by atoms with Gasteiger partial charge in [0, 0.05) is 30.5 Å². The van der Waals surface area contributed by atoms with Gasteiger partial charge in [-0.3, -0.25) is 4.79 Å². The first-order valence-electron chi connectivity index (χ1n) is 6.60. The molecular weight excluding hydrogens is 260 g/mol. The lowest BCUT2D eigenvalue weighted by Gasteiger charge is -2.22. The van der Waals surface area contributed by atoms with Gasteiger partial charge in [0.05, 0.1) is 6.54 Å².